The van der Waals surface area contributed by atoms with Gasteiger partial charge >= 0.3 is 0 Å². The molecular weight excluding hydrogens is 302 g/mol. The first kappa shape index (κ1) is 13.4. The Morgan fingerprint density at radius 2 is 2.16 bits per heavy atom. The van der Waals surface area contributed by atoms with Gasteiger partial charge in [-0.25, -0.2) is 0 Å². The molecule has 2 nitrogen and oxygen atoms in total. The zero-order valence-electron chi connectivity index (χ0n) is 11.7. The van der Waals surface area contributed by atoms with Crippen LogP contribution in [0.3, 0.4) is 0 Å². The van der Waals surface area contributed by atoms with Gasteiger partial charge in [-0.1, -0.05) is 22.4 Å². The van der Waals surface area contributed by atoms with Gasteiger partial charge in [0, 0.05) is 16.1 Å². The highest BCUT2D eigenvalue weighted by atomic mass is 79.9. The molecule has 1 aromatic carbocycles. The van der Waals surface area contributed by atoms with Gasteiger partial charge in [0.05, 0.1) is 7.11 Å². The lowest BCUT2D eigenvalue weighted by Gasteiger charge is -2.31. The average Bonchev–Trinajstić information content (AvgIpc) is 3.03. The van der Waals surface area contributed by atoms with Gasteiger partial charge in [-0.15, -0.1) is 0 Å². The molecule has 0 aromatic heterocycles. The number of nitrogens with one attached hydrogen (secondary N) is 1. The monoisotopic (exact) mass is 323 g/mol. The van der Waals surface area contributed by atoms with Crippen LogP contribution in [0.2, 0.25) is 0 Å². The zero-order chi connectivity index (χ0) is 13.4. The lowest BCUT2D eigenvalue weighted by Crippen LogP contribution is -2.29. The molecule has 1 N–H and O–H groups in total. The van der Waals surface area contributed by atoms with E-state index in [9.17, 15) is 0 Å². The van der Waals surface area contributed by atoms with Crippen molar-refractivity contribution in [2.75, 3.05) is 14.2 Å². The third kappa shape index (κ3) is 2.43. The second kappa shape index (κ2) is 5.45. The highest BCUT2D eigenvalue weighted by Crippen LogP contribution is 2.53. The molecule has 104 valence electrons. The smallest absolute Gasteiger partial charge is 0.123 e. The van der Waals surface area contributed by atoms with Crippen molar-refractivity contribution in [2.24, 2.45) is 17.8 Å². The predicted molar refractivity (Wildman–Crippen MR) is 81.4 cm³/mol. The molecule has 2 fully saturated rings. The Morgan fingerprint density at radius 3 is 2.74 bits per heavy atom. The highest BCUT2D eigenvalue weighted by molar-refractivity contribution is 9.10. The van der Waals surface area contributed by atoms with Crippen LogP contribution in [0.25, 0.3) is 0 Å². The lowest BCUT2D eigenvalue weighted by atomic mass is 9.80. The van der Waals surface area contributed by atoms with Crippen LogP contribution in [0.1, 0.15) is 37.3 Å². The normalized spacial score (nSPS) is 30.6. The molecule has 0 saturated heterocycles. The van der Waals surface area contributed by atoms with Gasteiger partial charge < -0.3 is 10.1 Å². The summed E-state index contributed by atoms with van der Waals surface area (Å²) in [6.07, 6.45) is 5.70. The van der Waals surface area contributed by atoms with Crippen LogP contribution in [0.4, 0.5) is 0 Å². The summed E-state index contributed by atoms with van der Waals surface area (Å²) in [5.74, 6) is 3.66. The van der Waals surface area contributed by atoms with E-state index in [1.54, 1.807) is 7.11 Å². The van der Waals surface area contributed by atoms with Crippen LogP contribution >= 0.6 is 15.9 Å². The molecule has 19 heavy (non-hydrogen) atoms. The minimum Gasteiger partial charge on any atom is -0.496 e. The van der Waals surface area contributed by atoms with Crippen LogP contribution < -0.4 is 10.1 Å². The van der Waals surface area contributed by atoms with E-state index in [2.05, 4.69) is 46.5 Å². The molecule has 4 unspecified atom stereocenters. The second-order valence-corrected chi connectivity index (χ2v) is 6.91. The maximum Gasteiger partial charge on any atom is 0.123 e. The third-order valence-corrected chi connectivity index (χ3v) is 5.55. The fraction of sp³-hybridized carbons (Fsp3) is 0.625. The number of hydrogen-bond acceptors (Lipinski definition) is 2. The number of ether oxygens (including phenoxy) is 1. The number of fused-ring (bicyclic) bond motifs is 2. The van der Waals surface area contributed by atoms with Crippen molar-refractivity contribution in [2.45, 2.75) is 31.7 Å². The van der Waals surface area contributed by atoms with Crippen molar-refractivity contribution >= 4 is 15.9 Å². The van der Waals surface area contributed by atoms with Gasteiger partial charge in [0.2, 0.25) is 0 Å². The molecule has 0 aliphatic heterocycles. The minimum atomic E-state index is 0.419. The summed E-state index contributed by atoms with van der Waals surface area (Å²) < 4.78 is 6.69. The standard InChI is InChI=1S/C16H22BrNO/c1-18-16(13-8-10-3-4-11(13)7-10)14-9-12(17)5-6-15(14)19-2/h5-6,9-11,13,16,18H,3-4,7-8H2,1-2H3. The summed E-state index contributed by atoms with van der Waals surface area (Å²) in [5.41, 5.74) is 1.30. The molecule has 2 bridgehead atoms. The number of methoxy groups -OCH3 is 1. The summed E-state index contributed by atoms with van der Waals surface area (Å²) in [6, 6.07) is 6.75. The summed E-state index contributed by atoms with van der Waals surface area (Å²) in [6.45, 7) is 0. The Kier molecular flexibility index (Phi) is 3.86. The summed E-state index contributed by atoms with van der Waals surface area (Å²) >= 11 is 3.59. The summed E-state index contributed by atoms with van der Waals surface area (Å²) in [4.78, 5) is 0. The molecule has 2 aliphatic rings. The van der Waals surface area contributed by atoms with E-state index in [0.29, 0.717) is 6.04 Å². The Bertz CT molecular complexity index is 462. The molecule has 2 saturated carbocycles. The molecule has 0 radical (unpaired) electrons. The van der Waals surface area contributed by atoms with Gasteiger partial charge in [-0.2, -0.15) is 0 Å². The van der Waals surface area contributed by atoms with Crippen LogP contribution in [-0.2, 0) is 0 Å². The Labute approximate surface area is 124 Å². The summed E-state index contributed by atoms with van der Waals surface area (Å²) in [7, 11) is 3.84. The van der Waals surface area contributed by atoms with E-state index < -0.39 is 0 Å². The Balaban J connectivity index is 1.91. The van der Waals surface area contributed by atoms with Crippen LogP contribution in [0, 0.1) is 17.8 Å². The van der Waals surface area contributed by atoms with E-state index in [1.165, 1.54) is 31.2 Å². The number of benzene rings is 1. The molecule has 2 aliphatic carbocycles. The van der Waals surface area contributed by atoms with Crippen molar-refractivity contribution in [3.63, 3.8) is 0 Å². The van der Waals surface area contributed by atoms with Crippen LogP contribution in [-0.4, -0.2) is 14.2 Å². The molecule has 1 aromatic rings. The first-order valence-corrected chi connectivity index (χ1v) is 8.03. The maximum absolute atomic E-state index is 5.56. The maximum atomic E-state index is 5.56. The Morgan fingerprint density at radius 1 is 1.32 bits per heavy atom. The number of rotatable bonds is 4. The third-order valence-electron chi connectivity index (χ3n) is 5.06. The van der Waals surface area contributed by atoms with E-state index in [0.717, 1.165) is 28.0 Å². The van der Waals surface area contributed by atoms with Crippen LogP contribution in [0.5, 0.6) is 5.75 Å². The van der Waals surface area contributed by atoms with Gasteiger partial charge in [0.25, 0.3) is 0 Å². The number of halogens is 1. The molecule has 3 heteroatoms. The molecule has 0 spiro atoms. The van der Waals surface area contributed by atoms with Crippen LogP contribution in [0.15, 0.2) is 22.7 Å². The van der Waals surface area contributed by atoms with Gasteiger partial charge in [-0.3, -0.25) is 0 Å². The van der Waals surface area contributed by atoms with E-state index in [4.69, 9.17) is 4.74 Å². The fourth-order valence-corrected chi connectivity index (χ4v) is 4.63. The summed E-state index contributed by atoms with van der Waals surface area (Å²) in [5, 5.41) is 3.55. The average molecular weight is 324 g/mol. The van der Waals surface area contributed by atoms with Crippen molar-refractivity contribution in [3.8, 4) is 5.75 Å². The fourth-order valence-electron chi connectivity index (χ4n) is 4.25. The van der Waals surface area contributed by atoms with Gasteiger partial charge in [0.15, 0.2) is 0 Å². The first-order valence-electron chi connectivity index (χ1n) is 7.23. The molecular formula is C16H22BrNO. The Hall–Kier alpha value is -0.540. The van der Waals surface area contributed by atoms with Crippen molar-refractivity contribution < 1.29 is 4.74 Å². The lowest BCUT2D eigenvalue weighted by molar-refractivity contribution is 0.254. The SMILES string of the molecule is CNC(c1cc(Br)ccc1OC)C1CC2CCC1C2. The quantitative estimate of drug-likeness (QED) is 0.898. The van der Waals surface area contributed by atoms with Gasteiger partial charge in [-0.05, 0) is 62.3 Å². The highest BCUT2D eigenvalue weighted by Gasteiger charge is 2.43. The molecule has 0 amide bonds. The largest absolute Gasteiger partial charge is 0.496 e. The van der Waals surface area contributed by atoms with E-state index in [1.807, 2.05) is 0 Å². The second-order valence-electron chi connectivity index (χ2n) is 5.99. The zero-order valence-corrected chi connectivity index (χ0v) is 13.2. The number of hydrogen-bond donors (Lipinski definition) is 1. The van der Waals surface area contributed by atoms with Crippen molar-refractivity contribution in [3.05, 3.63) is 28.2 Å². The first-order chi connectivity index (χ1) is 9.22. The molecule has 0 heterocycles. The molecule has 4 atom stereocenters. The topological polar surface area (TPSA) is 21.3 Å². The van der Waals surface area contributed by atoms with Gasteiger partial charge in [0.1, 0.15) is 5.75 Å². The van der Waals surface area contributed by atoms with Crippen molar-refractivity contribution in [1.82, 2.24) is 5.32 Å². The molecule has 3 rings (SSSR count). The predicted octanol–water partition coefficient (Wildman–Crippen LogP) is 4.15. The van der Waals surface area contributed by atoms with E-state index >= 15 is 0 Å². The van der Waals surface area contributed by atoms with Crippen molar-refractivity contribution in [1.29, 1.82) is 0 Å². The minimum absolute atomic E-state index is 0.419. The van der Waals surface area contributed by atoms with E-state index in [-0.39, 0.29) is 0 Å².